The molecule has 1 heterocycles. The minimum Gasteiger partial charge on any atom is -0.497 e. The summed E-state index contributed by atoms with van der Waals surface area (Å²) >= 11 is 0. The van der Waals surface area contributed by atoms with Crippen LogP contribution in [0.15, 0.2) is 24.3 Å². The van der Waals surface area contributed by atoms with Gasteiger partial charge in [-0.2, -0.15) is 0 Å². The molecule has 0 aromatic heterocycles. The van der Waals surface area contributed by atoms with Crippen molar-refractivity contribution in [2.75, 3.05) is 13.7 Å². The largest absolute Gasteiger partial charge is 0.497 e. The van der Waals surface area contributed by atoms with E-state index in [0.717, 1.165) is 0 Å². The van der Waals surface area contributed by atoms with Gasteiger partial charge in [0.1, 0.15) is 11.9 Å². The maximum absolute atomic E-state index is 12.3. The molecule has 2 N–H and O–H groups in total. The molecule has 21 heavy (non-hydrogen) atoms. The van der Waals surface area contributed by atoms with E-state index in [9.17, 15) is 9.59 Å². The highest BCUT2D eigenvalue weighted by Gasteiger charge is 2.44. The van der Waals surface area contributed by atoms with Crippen LogP contribution in [0.3, 0.4) is 0 Å². The molecule has 2 rings (SSSR count). The second-order valence-electron chi connectivity index (χ2n) is 5.64. The molecule has 1 saturated heterocycles. The predicted octanol–water partition coefficient (Wildman–Crippen LogP) is 1.13. The average molecular weight is 293 g/mol. The van der Waals surface area contributed by atoms with Crippen LogP contribution < -0.4 is 10.5 Å². The number of Topliss-reactive ketones (excluding diaryl/α,β-unsaturated/α-hetero) is 1. The molecule has 1 amide bonds. The summed E-state index contributed by atoms with van der Waals surface area (Å²) in [6.45, 7) is 3.82. The molecule has 0 bridgehead atoms. The molecule has 1 aliphatic heterocycles. The number of carbonyl (C=O) groups excluding carboxylic acids is 2. The quantitative estimate of drug-likeness (QED) is 0.841. The van der Waals surface area contributed by atoms with Gasteiger partial charge in [0, 0.05) is 11.0 Å². The van der Waals surface area contributed by atoms with Gasteiger partial charge < -0.3 is 19.9 Å². The second kappa shape index (κ2) is 5.83. The summed E-state index contributed by atoms with van der Waals surface area (Å²) in [7, 11) is 1.55. The molecular formula is C15H19NO5. The molecule has 1 aromatic carbocycles. The minimum absolute atomic E-state index is 0.215. The molecule has 2 unspecified atom stereocenters. The van der Waals surface area contributed by atoms with Gasteiger partial charge in [0.25, 0.3) is 0 Å². The van der Waals surface area contributed by atoms with E-state index in [2.05, 4.69) is 0 Å². The van der Waals surface area contributed by atoms with Gasteiger partial charge in [-0.25, -0.2) is 0 Å². The van der Waals surface area contributed by atoms with E-state index >= 15 is 0 Å². The van der Waals surface area contributed by atoms with Crippen LogP contribution in [0.5, 0.6) is 5.75 Å². The fourth-order valence-electron chi connectivity index (χ4n) is 2.19. The Morgan fingerprint density at radius 3 is 2.43 bits per heavy atom. The topological polar surface area (TPSA) is 87.9 Å². The Kier molecular flexibility index (Phi) is 4.29. The highest BCUT2D eigenvalue weighted by atomic mass is 16.7. The van der Waals surface area contributed by atoms with Gasteiger partial charge >= 0.3 is 0 Å². The summed E-state index contributed by atoms with van der Waals surface area (Å²) in [5, 5.41) is 0. The summed E-state index contributed by atoms with van der Waals surface area (Å²) in [5.41, 5.74) is 5.19. The van der Waals surface area contributed by atoms with Gasteiger partial charge in [0.2, 0.25) is 18.0 Å². The first-order valence-corrected chi connectivity index (χ1v) is 6.60. The van der Waals surface area contributed by atoms with Crippen LogP contribution in [-0.2, 0) is 14.3 Å². The van der Waals surface area contributed by atoms with E-state index in [1.165, 1.54) is 0 Å². The van der Waals surface area contributed by atoms with E-state index in [0.29, 0.717) is 11.3 Å². The Balaban J connectivity index is 2.14. The molecule has 1 aliphatic rings. The minimum atomic E-state index is -1.12. The van der Waals surface area contributed by atoms with Crippen molar-refractivity contribution in [3.05, 3.63) is 29.8 Å². The van der Waals surface area contributed by atoms with Gasteiger partial charge in [-0.05, 0) is 24.3 Å². The maximum Gasteiger partial charge on any atom is 0.247 e. The van der Waals surface area contributed by atoms with Gasteiger partial charge in [0.15, 0.2) is 0 Å². The molecular weight excluding hydrogens is 274 g/mol. The zero-order chi connectivity index (χ0) is 15.6. The van der Waals surface area contributed by atoms with Gasteiger partial charge in [-0.1, -0.05) is 13.8 Å². The van der Waals surface area contributed by atoms with Crippen LogP contribution in [-0.4, -0.2) is 37.8 Å². The number of carbonyl (C=O) groups is 2. The lowest BCUT2D eigenvalue weighted by Gasteiger charge is -2.39. The van der Waals surface area contributed by atoms with Crippen molar-refractivity contribution in [3.8, 4) is 5.75 Å². The number of methoxy groups -OCH3 is 1. The van der Waals surface area contributed by atoms with Crippen molar-refractivity contribution in [1.82, 2.24) is 0 Å². The molecule has 0 spiro atoms. The number of ketones is 1. The third-order valence-electron chi connectivity index (χ3n) is 3.42. The zero-order valence-corrected chi connectivity index (χ0v) is 12.3. The predicted molar refractivity (Wildman–Crippen MR) is 74.9 cm³/mol. The van der Waals surface area contributed by atoms with Crippen molar-refractivity contribution in [2.24, 2.45) is 11.1 Å². The number of hydrogen-bond acceptors (Lipinski definition) is 5. The van der Waals surface area contributed by atoms with Crippen LogP contribution in [0.2, 0.25) is 0 Å². The molecule has 2 atom stereocenters. The number of primary amides is 1. The van der Waals surface area contributed by atoms with E-state index in [1.807, 2.05) is 0 Å². The average Bonchev–Trinajstić information content (AvgIpc) is 2.46. The molecule has 114 valence electrons. The van der Waals surface area contributed by atoms with Gasteiger partial charge in [-0.15, -0.1) is 0 Å². The first-order chi connectivity index (χ1) is 9.85. The number of hydrogen-bond donors (Lipinski definition) is 1. The summed E-state index contributed by atoms with van der Waals surface area (Å²) in [4.78, 5) is 23.8. The number of rotatable bonds is 4. The third kappa shape index (κ3) is 3.22. The molecule has 6 nitrogen and oxygen atoms in total. The molecule has 0 aliphatic carbocycles. The Morgan fingerprint density at radius 1 is 1.29 bits per heavy atom. The smallest absolute Gasteiger partial charge is 0.247 e. The van der Waals surface area contributed by atoms with Crippen LogP contribution in [0, 0.1) is 5.41 Å². The summed E-state index contributed by atoms with van der Waals surface area (Å²) in [6.07, 6.45) is -1.98. The van der Waals surface area contributed by atoms with Gasteiger partial charge in [0.05, 0.1) is 13.7 Å². The molecule has 6 heteroatoms. The van der Waals surface area contributed by atoms with E-state index in [-0.39, 0.29) is 12.4 Å². The Labute approximate surface area is 123 Å². The standard InChI is InChI=1S/C15H19NO5/c1-15(2)8-20-14(21-12(15)13(16)18)11(17)9-4-6-10(19-3)7-5-9/h4-7,12,14H,8H2,1-3H3,(H2,16,18). The molecule has 0 saturated carbocycles. The SMILES string of the molecule is COc1ccc(C(=O)C2OCC(C)(C)C(C(N)=O)O2)cc1. The summed E-state index contributed by atoms with van der Waals surface area (Å²) in [6, 6.07) is 6.58. The lowest BCUT2D eigenvalue weighted by molar-refractivity contribution is -0.231. The maximum atomic E-state index is 12.3. The lowest BCUT2D eigenvalue weighted by Crippen LogP contribution is -2.53. The van der Waals surface area contributed by atoms with E-state index in [1.54, 1.807) is 45.2 Å². The second-order valence-corrected chi connectivity index (χ2v) is 5.64. The van der Waals surface area contributed by atoms with Crippen molar-refractivity contribution in [1.29, 1.82) is 0 Å². The third-order valence-corrected chi connectivity index (χ3v) is 3.42. The number of benzene rings is 1. The lowest BCUT2D eigenvalue weighted by atomic mass is 9.86. The van der Waals surface area contributed by atoms with Crippen LogP contribution >= 0.6 is 0 Å². The zero-order valence-electron chi connectivity index (χ0n) is 12.3. The normalized spacial score (nSPS) is 24.3. The van der Waals surface area contributed by atoms with Crippen LogP contribution in [0.1, 0.15) is 24.2 Å². The number of nitrogens with two attached hydrogens (primary N) is 1. The molecule has 1 aromatic rings. The van der Waals surface area contributed by atoms with Crippen molar-refractivity contribution < 1.29 is 23.8 Å². The Bertz CT molecular complexity index is 537. The molecule has 0 radical (unpaired) electrons. The van der Waals surface area contributed by atoms with Gasteiger partial charge in [-0.3, -0.25) is 9.59 Å². The number of ether oxygens (including phenoxy) is 3. The number of amides is 1. The van der Waals surface area contributed by atoms with E-state index < -0.39 is 23.7 Å². The fourth-order valence-corrected chi connectivity index (χ4v) is 2.19. The summed E-state index contributed by atoms with van der Waals surface area (Å²) in [5.74, 6) is -0.302. The van der Waals surface area contributed by atoms with Crippen LogP contribution in [0.25, 0.3) is 0 Å². The Hall–Kier alpha value is -1.92. The van der Waals surface area contributed by atoms with Crippen molar-refractivity contribution in [3.63, 3.8) is 0 Å². The fraction of sp³-hybridized carbons (Fsp3) is 0.467. The summed E-state index contributed by atoms with van der Waals surface area (Å²) < 4.78 is 15.9. The van der Waals surface area contributed by atoms with Crippen LogP contribution in [0.4, 0.5) is 0 Å². The first kappa shape index (κ1) is 15.5. The highest BCUT2D eigenvalue weighted by molar-refractivity contribution is 5.99. The van der Waals surface area contributed by atoms with E-state index in [4.69, 9.17) is 19.9 Å². The monoisotopic (exact) mass is 293 g/mol. The Morgan fingerprint density at radius 2 is 1.90 bits per heavy atom. The van der Waals surface area contributed by atoms with Crippen molar-refractivity contribution >= 4 is 11.7 Å². The van der Waals surface area contributed by atoms with Crippen molar-refractivity contribution in [2.45, 2.75) is 26.2 Å². The molecule has 1 fully saturated rings. The first-order valence-electron chi connectivity index (χ1n) is 6.60. The highest BCUT2D eigenvalue weighted by Crippen LogP contribution is 2.31.